The number of hydrogen-bond acceptors (Lipinski definition) is 5. The highest BCUT2D eigenvalue weighted by Gasteiger charge is 2.28. The van der Waals surface area contributed by atoms with Crippen molar-refractivity contribution in [3.05, 3.63) is 75.7 Å². The molecule has 30 heavy (non-hydrogen) atoms. The Balaban J connectivity index is 1.60. The van der Waals surface area contributed by atoms with Gasteiger partial charge in [0.05, 0.1) is 6.04 Å². The third-order valence-electron chi connectivity index (χ3n) is 5.11. The Bertz CT molecular complexity index is 1130. The molecule has 3 aromatic rings. The molecule has 8 heteroatoms. The van der Waals surface area contributed by atoms with E-state index >= 15 is 0 Å². The first kappa shape index (κ1) is 19.9. The molecule has 7 nitrogen and oxygen atoms in total. The number of hydrogen-bond donors (Lipinski definition) is 2. The van der Waals surface area contributed by atoms with Gasteiger partial charge in [0.25, 0.3) is 11.5 Å². The van der Waals surface area contributed by atoms with Crippen molar-refractivity contribution in [2.24, 2.45) is 5.92 Å². The molecule has 0 bridgehead atoms. The van der Waals surface area contributed by atoms with Crippen LogP contribution < -0.4 is 10.9 Å². The molecule has 1 amide bonds. The predicted molar refractivity (Wildman–Crippen MR) is 109 cm³/mol. The molecule has 0 radical (unpaired) electrons. The van der Waals surface area contributed by atoms with Crippen LogP contribution in [0.15, 0.2) is 47.5 Å². The molecule has 4 rings (SSSR count). The molecular weight excluding hydrogens is 385 g/mol. The zero-order chi connectivity index (χ0) is 21.3. The first-order chi connectivity index (χ1) is 14.4. The van der Waals surface area contributed by atoms with Crippen molar-refractivity contribution >= 4 is 5.91 Å². The molecule has 1 aromatic carbocycles. The number of rotatable bonds is 6. The number of nitrogens with one attached hydrogen (secondary N) is 2. The molecule has 2 aromatic heterocycles. The fourth-order valence-corrected chi connectivity index (χ4v) is 3.41. The van der Waals surface area contributed by atoms with Crippen LogP contribution >= 0.6 is 0 Å². The minimum atomic E-state index is -0.524. The summed E-state index contributed by atoms with van der Waals surface area (Å²) in [6.45, 7) is 3.87. The summed E-state index contributed by atoms with van der Waals surface area (Å²) in [4.78, 5) is 39.8. The first-order valence-electron chi connectivity index (χ1n) is 9.91. The Hall–Kier alpha value is -3.42. The van der Waals surface area contributed by atoms with Crippen LogP contribution in [0.25, 0.3) is 11.6 Å². The number of carbonyl (C=O) groups excluding carboxylic acids is 1. The van der Waals surface area contributed by atoms with Crippen molar-refractivity contribution < 1.29 is 9.18 Å². The molecule has 2 N–H and O–H groups in total. The molecule has 0 aliphatic heterocycles. The fourth-order valence-electron chi connectivity index (χ4n) is 3.41. The minimum Gasteiger partial charge on any atom is -0.344 e. The van der Waals surface area contributed by atoms with E-state index in [1.54, 1.807) is 12.1 Å². The Morgan fingerprint density at radius 1 is 1.20 bits per heavy atom. The summed E-state index contributed by atoms with van der Waals surface area (Å²) in [7, 11) is 0. The number of aromatic amines is 1. The van der Waals surface area contributed by atoms with Crippen LogP contribution in [0.1, 0.15) is 60.3 Å². The van der Waals surface area contributed by atoms with E-state index in [0.717, 1.165) is 24.5 Å². The Labute approximate surface area is 172 Å². The van der Waals surface area contributed by atoms with E-state index in [1.807, 2.05) is 19.9 Å². The van der Waals surface area contributed by atoms with Gasteiger partial charge >= 0.3 is 0 Å². The van der Waals surface area contributed by atoms with Crippen LogP contribution in [-0.2, 0) is 0 Å². The lowest BCUT2D eigenvalue weighted by atomic mass is 9.94. The van der Waals surface area contributed by atoms with E-state index in [0.29, 0.717) is 11.5 Å². The maximum atomic E-state index is 14.5. The second-order valence-electron chi connectivity index (χ2n) is 7.80. The average Bonchev–Trinajstić information content (AvgIpc) is 3.57. The standard InChI is InChI=1S/C22H22FN5O2/c1-12(2)19(14-6-7-15(13-4-5-13)16(23)10-14)28-22(30)17-11-18(29)27-21(26-17)20-24-8-3-9-25-20/h3,6-13,19H,4-5H2,1-2H3,(H,28,30)(H,26,27,29). The molecule has 1 saturated carbocycles. The molecule has 1 aliphatic carbocycles. The van der Waals surface area contributed by atoms with Crippen LogP contribution in [0.3, 0.4) is 0 Å². The molecule has 0 saturated heterocycles. The van der Waals surface area contributed by atoms with E-state index in [-0.39, 0.29) is 29.1 Å². The predicted octanol–water partition coefficient (Wildman–Crippen LogP) is 3.37. The van der Waals surface area contributed by atoms with Gasteiger partial charge in [-0.05, 0) is 47.9 Å². The van der Waals surface area contributed by atoms with Gasteiger partial charge in [0.2, 0.25) is 0 Å². The second-order valence-corrected chi connectivity index (χ2v) is 7.80. The van der Waals surface area contributed by atoms with Gasteiger partial charge in [-0.2, -0.15) is 0 Å². The van der Waals surface area contributed by atoms with Crippen LogP contribution in [0, 0.1) is 11.7 Å². The molecule has 1 atom stereocenters. The van der Waals surface area contributed by atoms with Crippen molar-refractivity contribution in [2.45, 2.75) is 38.6 Å². The number of H-pyrrole nitrogens is 1. The van der Waals surface area contributed by atoms with E-state index in [2.05, 4.69) is 25.3 Å². The van der Waals surface area contributed by atoms with Gasteiger partial charge in [-0.25, -0.2) is 19.3 Å². The lowest BCUT2D eigenvalue weighted by Crippen LogP contribution is -2.33. The van der Waals surface area contributed by atoms with Crippen molar-refractivity contribution in [1.29, 1.82) is 0 Å². The van der Waals surface area contributed by atoms with Gasteiger partial charge in [-0.3, -0.25) is 9.59 Å². The van der Waals surface area contributed by atoms with Crippen LogP contribution in [0.5, 0.6) is 0 Å². The monoisotopic (exact) mass is 407 g/mol. The second kappa shape index (κ2) is 8.14. The number of carbonyl (C=O) groups is 1. The zero-order valence-electron chi connectivity index (χ0n) is 16.7. The van der Waals surface area contributed by atoms with Gasteiger partial charge < -0.3 is 10.3 Å². The number of halogens is 1. The Morgan fingerprint density at radius 2 is 1.93 bits per heavy atom. The van der Waals surface area contributed by atoms with E-state index in [4.69, 9.17) is 0 Å². The van der Waals surface area contributed by atoms with E-state index in [1.165, 1.54) is 18.5 Å². The summed E-state index contributed by atoms with van der Waals surface area (Å²) < 4.78 is 14.5. The summed E-state index contributed by atoms with van der Waals surface area (Å²) >= 11 is 0. The summed E-state index contributed by atoms with van der Waals surface area (Å²) in [6.07, 6.45) is 5.07. The number of nitrogens with zero attached hydrogens (tertiary/aromatic N) is 3. The van der Waals surface area contributed by atoms with Crippen molar-refractivity contribution in [3.8, 4) is 11.6 Å². The summed E-state index contributed by atoms with van der Waals surface area (Å²) in [6, 6.07) is 7.48. The van der Waals surface area contributed by atoms with Gasteiger partial charge in [0.1, 0.15) is 11.5 Å². The average molecular weight is 407 g/mol. The molecule has 0 spiro atoms. The molecule has 1 aliphatic rings. The lowest BCUT2D eigenvalue weighted by molar-refractivity contribution is 0.0920. The van der Waals surface area contributed by atoms with Gasteiger partial charge in [-0.15, -0.1) is 0 Å². The molecule has 154 valence electrons. The summed E-state index contributed by atoms with van der Waals surface area (Å²) in [5, 5.41) is 2.88. The zero-order valence-corrected chi connectivity index (χ0v) is 16.7. The van der Waals surface area contributed by atoms with E-state index < -0.39 is 17.5 Å². The lowest BCUT2D eigenvalue weighted by Gasteiger charge is -2.23. The smallest absolute Gasteiger partial charge is 0.270 e. The normalized spacial score (nSPS) is 14.5. The van der Waals surface area contributed by atoms with Crippen LogP contribution in [0.4, 0.5) is 4.39 Å². The quantitative estimate of drug-likeness (QED) is 0.652. The van der Waals surface area contributed by atoms with E-state index in [9.17, 15) is 14.0 Å². The first-order valence-corrected chi connectivity index (χ1v) is 9.91. The molecule has 2 heterocycles. The van der Waals surface area contributed by atoms with Gasteiger partial charge in [0.15, 0.2) is 11.6 Å². The topological polar surface area (TPSA) is 101 Å². The third kappa shape index (κ3) is 4.27. The van der Waals surface area contributed by atoms with Gasteiger partial charge in [0, 0.05) is 18.5 Å². The molecule has 1 unspecified atom stereocenters. The van der Waals surface area contributed by atoms with Crippen molar-refractivity contribution in [2.75, 3.05) is 0 Å². The summed E-state index contributed by atoms with van der Waals surface area (Å²) in [5.41, 5.74) is 0.869. The maximum absolute atomic E-state index is 14.5. The highest BCUT2D eigenvalue weighted by molar-refractivity contribution is 5.92. The Morgan fingerprint density at radius 3 is 2.57 bits per heavy atom. The number of aromatic nitrogens is 4. The SMILES string of the molecule is CC(C)C(NC(=O)c1cc(=O)[nH]c(-c2ncccn2)n1)c1ccc(C2CC2)c(F)c1. The Kier molecular flexibility index (Phi) is 5.39. The van der Waals surface area contributed by atoms with Crippen LogP contribution in [-0.4, -0.2) is 25.8 Å². The summed E-state index contributed by atoms with van der Waals surface area (Å²) in [5.74, 6) is -0.142. The third-order valence-corrected chi connectivity index (χ3v) is 5.11. The number of benzene rings is 1. The van der Waals surface area contributed by atoms with Crippen molar-refractivity contribution in [3.63, 3.8) is 0 Å². The largest absolute Gasteiger partial charge is 0.344 e. The molecule has 1 fully saturated rings. The minimum absolute atomic E-state index is 0.000881. The van der Waals surface area contributed by atoms with Crippen molar-refractivity contribution in [1.82, 2.24) is 25.3 Å². The number of amides is 1. The maximum Gasteiger partial charge on any atom is 0.270 e. The highest BCUT2D eigenvalue weighted by atomic mass is 19.1. The van der Waals surface area contributed by atoms with Crippen LogP contribution in [0.2, 0.25) is 0 Å². The fraction of sp³-hybridized carbons (Fsp3) is 0.318. The molecular formula is C22H22FN5O2. The van der Waals surface area contributed by atoms with Gasteiger partial charge in [-0.1, -0.05) is 26.0 Å². The highest BCUT2D eigenvalue weighted by Crippen LogP contribution is 2.41.